The van der Waals surface area contributed by atoms with Gasteiger partial charge in [0.2, 0.25) is 11.7 Å². The highest BCUT2D eigenvalue weighted by Crippen LogP contribution is 2.31. The molecule has 2 aromatic rings. The maximum atomic E-state index is 5.46. The summed E-state index contributed by atoms with van der Waals surface area (Å²) < 4.78 is 16.1. The van der Waals surface area contributed by atoms with E-state index < -0.39 is 0 Å². The van der Waals surface area contributed by atoms with Crippen LogP contribution in [-0.2, 0) is 6.54 Å². The van der Waals surface area contributed by atoms with Crippen LogP contribution in [0.3, 0.4) is 0 Å². The number of aromatic nitrogens is 2. The van der Waals surface area contributed by atoms with E-state index in [0.717, 1.165) is 37.2 Å². The number of nitrogens with zero attached hydrogens (tertiary/aromatic N) is 3. The lowest BCUT2D eigenvalue weighted by Crippen LogP contribution is -2.44. The lowest BCUT2D eigenvalue weighted by Gasteiger charge is -2.32. The Kier molecular flexibility index (Phi) is 6.11. The quantitative estimate of drug-likeness (QED) is 0.814. The van der Waals surface area contributed by atoms with Crippen molar-refractivity contribution in [1.29, 1.82) is 0 Å². The summed E-state index contributed by atoms with van der Waals surface area (Å²) >= 11 is 0. The van der Waals surface area contributed by atoms with Gasteiger partial charge in [-0.05, 0) is 25.0 Å². The van der Waals surface area contributed by atoms with E-state index in [2.05, 4.69) is 34.2 Å². The maximum absolute atomic E-state index is 5.46. The number of nitrogens with one attached hydrogen (secondary N) is 1. The molecule has 7 heteroatoms. The molecule has 0 atom stereocenters. The second kappa shape index (κ2) is 8.51. The van der Waals surface area contributed by atoms with Gasteiger partial charge in [-0.3, -0.25) is 4.90 Å². The molecule has 3 rings (SSSR count). The van der Waals surface area contributed by atoms with Crippen LogP contribution < -0.4 is 14.8 Å². The van der Waals surface area contributed by atoms with Crippen molar-refractivity contribution in [1.82, 2.24) is 20.4 Å². The second-order valence-corrected chi connectivity index (χ2v) is 6.95. The lowest BCUT2D eigenvalue weighted by molar-refractivity contribution is 0.167. The van der Waals surface area contributed by atoms with Crippen molar-refractivity contribution in [3.05, 3.63) is 24.1 Å². The monoisotopic (exact) mass is 360 g/mol. The Morgan fingerprint density at radius 2 is 2.00 bits per heavy atom. The molecular weight excluding hydrogens is 332 g/mol. The first-order valence-corrected chi connectivity index (χ1v) is 9.12. The Morgan fingerprint density at radius 1 is 1.23 bits per heavy atom. The SMILES string of the molecule is COc1ccc(-c2noc(CN3CCC(NC(C)C)CC3)n2)c(OC)c1. The van der Waals surface area contributed by atoms with Crippen LogP contribution in [-0.4, -0.2) is 54.4 Å². The predicted molar refractivity (Wildman–Crippen MR) is 99.4 cm³/mol. The maximum Gasteiger partial charge on any atom is 0.241 e. The van der Waals surface area contributed by atoms with Crippen LogP contribution in [0.25, 0.3) is 11.4 Å². The molecule has 1 aliphatic heterocycles. The van der Waals surface area contributed by atoms with Crippen molar-refractivity contribution in [2.75, 3.05) is 27.3 Å². The molecule has 0 amide bonds. The first-order chi connectivity index (χ1) is 12.6. The molecule has 1 aliphatic rings. The molecule has 7 nitrogen and oxygen atoms in total. The fourth-order valence-corrected chi connectivity index (χ4v) is 3.33. The summed E-state index contributed by atoms with van der Waals surface area (Å²) in [5, 5.41) is 7.74. The average molecular weight is 360 g/mol. The van der Waals surface area contributed by atoms with Crippen molar-refractivity contribution in [2.45, 2.75) is 45.3 Å². The zero-order valence-electron chi connectivity index (χ0n) is 16.0. The van der Waals surface area contributed by atoms with E-state index in [1.165, 1.54) is 0 Å². The number of methoxy groups -OCH3 is 2. The molecule has 2 heterocycles. The van der Waals surface area contributed by atoms with Crippen LogP contribution in [0.4, 0.5) is 0 Å². The number of benzene rings is 1. The zero-order chi connectivity index (χ0) is 18.5. The van der Waals surface area contributed by atoms with Crippen LogP contribution in [0.2, 0.25) is 0 Å². The van der Waals surface area contributed by atoms with E-state index in [0.29, 0.717) is 36.1 Å². The highest BCUT2D eigenvalue weighted by atomic mass is 16.5. The van der Waals surface area contributed by atoms with Gasteiger partial charge in [-0.1, -0.05) is 19.0 Å². The van der Waals surface area contributed by atoms with Crippen molar-refractivity contribution in [2.24, 2.45) is 0 Å². The molecule has 0 radical (unpaired) electrons. The molecule has 1 saturated heterocycles. The van der Waals surface area contributed by atoms with E-state index >= 15 is 0 Å². The minimum absolute atomic E-state index is 0.532. The molecule has 0 bridgehead atoms. The summed E-state index contributed by atoms with van der Waals surface area (Å²) in [7, 11) is 3.25. The smallest absolute Gasteiger partial charge is 0.241 e. The Balaban J connectivity index is 1.62. The third-order valence-corrected chi connectivity index (χ3v) is 4.63. The highest BCUT2D eigenvalue weighted by Gasteiger charge is 2.22. The summed E-state index contributed by atoms with van der Waals surface area (Å²) in [6, 6.07) is 6.70. The van der Waals surface area contributed by atoms with Crippen molar-refractivity contribution >= 4 is 0 Å². The van der Waals surface area contributed by atoms with Crippen molar-refractivity contribution in [3.8, 4) is 22.9 Å². The third kappa shape index (κ3) is 4.53. The molecule has 0 spiro atoms. The summed E-state index contributed by atoms with van der Waals surface area (Å²) in [5.41, 5.74) is 0.795. The molecule has 26 heavy (non-hydrogen) atoms. The minimum atomic E-state index is 0.532. The molecule has 142 valence electrons. The Bertz CT molecular complexity index is 709. The number of hydrogen-bond acceptors (Lipinski definition) is 7. The van der Waals surface area contributed by atoms with E-state index in [-0.39, 0.29) is 0 Å². The largest absolute Gasteiger partial charge is 0.497 e. The Hall–Kier alpha value is -2.12. The number of piperidine rings is 1. The van der Waals surface area contributed by atoms with E-state index in [1.807, 2.05) is 18.2 Å². The number of hydrogen-bond donors (Lipinski definition) is 1. The van der Waals surface area contributed by atoms with Crippen LogP contribution >= 0.6 is 0 Å². The van der Waals surface area contributed by atoms with Crippen LogP contribution in [0.1, 0.15) is 32.6 Å². The highest BCUT2D eigenvalue weighted by molar-refractivity contribution is 5.65. The molecular formula is C19H28N4O3. The summed E-state index contributed by atoms with van der Waals surface area (Å²) in [6.07, 6.45) is 2.29. The second-order valence-electron chi connectivity index (χ2n) is 6.95. The first-order valence-electron chi connectivity index (χ1n) is 9.12. The van der Waals surface area contributed by atoms with Gasteiger partial charge in [0, 0.05) is 31.2 Å². The molecule has 1 aromatic carbocycles. The number of likely N-dealkylation sites (tertiary alicyclic amines) is 1. The van der Waals surface area contributed by atoms with E-state index in [4.69, 9.17) is 14.0 Å². The Morgan fingerprint density at radius 3 is 2.65 bits per heavy atom. The normalized spacial score (nSPS) is 16.2. The van der Waals surface area contributed by atoms with Gasteiger partial charge in [0.05, 0.1) is 26.3 Å². The van der Waals surface area contributed by atoms with Crippen molar-refractivity contribution < 1.29 is 14.0 Å². The first kappa shape index (κ1) is 18.7. The molecule has 0 aliphatic carbocycles. The molecule has 1 aromatic heterocycles. The van der Waals surface area contributed by atoms with Gasteiger partial charge >= 0.3 is 0 Å². The van der Waals surface area contributed by atoms with Gasteiger partial charge < -0.3 is 19.3 Å². The van der Waals surface area contributed by atoms with Crippen LogP contribution in [0.15, 0.2) is 22.7 Å². The molecule has 0 unspecified atom stereocenters. The molecule has 1 N–H and O–H groups in total. The topological polar surface area (TPSA) is 72.7 Å². The standard InChI is InChI=1S/C19H28N4O3/c1-13(2)20-14-7-9-23(10-8-14)12-18-21-19(22-26-18)16-6-5-15(24-3)11-17(16)25-4/h5-6,11,13-14,20H,7-10,12H2,1-4H3. The average Bonchev–Trinajstić information content (AvgIpc) is 3.10. The van der Waals surface area contributed by atoms with Gasteiger partial charge in [0.15, 0.2) is 0 Å². The van der Waals surface area contributed by atoms with Crippen molar-refractivity contribution in [3.63, 3.8) is 0 Å². The van der Waals surface area contributed by atoms with E-state index in [1.54, 1.807) is 14.2 Å². The number of ether oxygens (including phenoxy) is 2. The van der Waals surface area contributed by atoms with Gasteiger partial charge in [0.1, 0.15) is 11.5 Å². The fraction of sp³-hybridized carbons (Fsp3) is 0.579. The third-order valence-electron chi connectivity index (χ3n) is 4.63. The van der Waals surface area contributed by atoms with Gasteiger partial charge in [0.25, 0.3) is 0 Å². The fourth-order valence-electron chi connectivity index (χ4n) is 3.33. The van der Waals surface area contributed by atoms with Crippen LogP contribution in [0.5, 0.6) is 11.5 Å². The summed E-state index contributed by atoms with van der Waals surface area (Å²) in [6.45, 7) is 7.14. The lowest BCUT2D eigenvalue weighted by atomic mass is 10.0. The van der Waals surface area contributed by atoms with E-state index in [9.17, 15) is 0 Å². The summed E-state index contributed by atoms with van der Waals surface area (Å²) in [5.74, 6) is 2.56. The number of rotatable bonds is 7. The van der Waals surface area contributed by atoms with Gasteiger partial charge in [-0.15, -0.1) is 0 Å². The minimum Gasteiger partial charge on any atom is -0.497 e. The Labute approximate surface area is 154 Å². The summed E-state index contributed by atoms with van der Waals surface area (Å²) in [4.78, 5) is 6.91. The molecule has 1 fully saturated rings. The predicted octanol–water partition coefficient (Wildman–Crippen LogP) is 2.72. The van der Waals surface area contributed by atoms with Gasteiger partial charge in [-0.25, -0.2) is 0 Å². The molecule has 0 saturated carbocycles. The van der Waals surface area contributed by atoms with Gasteiger partial charge in [-0.2, -0.15) is 4.98 Å². The zero-order valence-corrected chi connectivity index (χ0v) is 16.0. The van der Waals surface area contributed by atoms with Crippen LogP contribution in [0, 0.1) is 0 Å².